The van der Waals surface area contributed by atoms with Gasteiger partial charge in [0.05, 0.1) is 23.3 Å². The minimum absolute atomic E-state index is 0.0971. The van der Waals surface area contributed by atoms with Crippen LogP contribution in [0.25, 0.3) is 10.9 Å². The van der Waals surface area contributed by atoms with Crippen LogP contribution in [0.1, 0.15) is 28.8 Å². The Bertz CT molecular complexity index is 996. The number of nitrogens with zero attached hydrogens (tertiary/aromatic N) is 1. The number of phenolic OH excluding ortho intramolecular Hbond substituents is 1. The number of piperidine rings is 1. The van der Waals surface area contributed by atoms with Gasteiger partial charge in [-0.15, -0.1) is 0 Å². The summed E-state index contributed by atoms with van der Waals surface area (Å²) in [6, 6.07) is 4.88. The van der Waals surface area contributed by atoms with E-state index in [9.17, 15) is 9.90 Å². The SMILES string of the molecule is O=C(Cc1c[nH]c2c(Cl)ccc(O)c12)c1cncc(OCC2CCNCC2)c1. The maximum absolute atomic E-state index is 12.8. The van der Waals surface area contributed by atoms with Crippen molar-refractivity contribution in [3.05, 3.63) is 52.9 Å². The number of hydrogen-bond donors (Lipinski definition) is 3. The van der Waals surface area contributed by atoms with Gasteiger partial charge in [0.15, 0.2) is 5.78 Å². The number of nitrogens with one attached hydrogen (secondary N) is 2. The molecule has 4 rings (SSSR count). The molecule has 3 aromatic rings. The van der Waals surface area contributed by atoms with Crippen molar-refractivity contribution in [1.82, 2.24) is 15.3 Å². The fraction of sp³-hybridized carbons (Fsp3) is 0.333. The molecule has 0 saturated carbocycles. The summed E-state index contributed by atoms with van der Waals surface area (Å²) in [4.78, 5) is 20.0. The minimum Gasteiger partial charge on any atom is -0.507 e. The Kier molecular flexibility index (Phi) is 5.50. The van der Waals surface area contributed by atoms with Crippen LogP contribution in [0, 0.1) is 5.92 Å². The molecule has 3 N–H and O–H groups in total. The molecule has 0 radical (unpaired) electrons. The van der Waals surface area contributed by atoms with Crippen molar-refractivity contribution in [2.45, 2.75) is 19.3 Å². The summed E-state index contributed by atoms with van der Waals surface area (Å²) >= 11 is 6.16. The van der Waals surface area contributed by atoms with Crippen molar-refractivity contribution < 1.29 is 14.6 Å². The average molecular weight is 400 g/mol. The van der Waals surface area contributed by atoms with E-state index < -0.39 is 0 Å². The number of carbonyl (C=O) groups is 1. The van der Waals surface area contributed by atoms with Gasteiger partial charge in [0, 0.05) is 29.8 Å². The van der Waals surface area contributed by atoms with Crippen LogP contribution >= 0.6 is 11.6 Å². The number of fused-ring (bicyclic) bond motifs is 1. The van der Waals surface area contributed by atoms with Gasteiger partial charge in [-0.25, -0.2) is 0 Å². The largest absolute Gasteiger partial charge is 0.507 e. The zero-order valence-corrected chi connectivity index (χ0v) is 16.1. The Balaban J connectivity index is 1.47. The first-order chi connectivity index (χ1) is 13.6. The molecular weight excluding hydrogens is 378 g/mol. The van der Waals surface area contributed by atoms with Gasteiger partial charge < -0.3 is 20.1 Å². The predicted octanol–water partition coefficient (Wildman–Crippen LogP) is 3.73. The van der Waals surface area contributed by atoms with E-state index in [-0.39, 0.29) is 18.0 Å². The molecule has 0 aliphatic carbocycles. The predicted molar refractivity (Wildman–Crippen MR) is 108 cm³/mol. The third-order valence-electron chi connectivity index (χ3n) is 5.17. The van der Waals surface area contributed by atoms with Crippen LogP contribution in [0.15, 0.2) is 36.8 Å². The van der Waals surface area contributed by atoms with Crippen LogP contribution in [0.2, 0.25) is 5.02 Å². The molecule has 6 nitrogen and oxygen atoms in total. The van der Waals surface area contributed by atoms with Gasteiger partial charge in [0.2, 0.25) is 0 Å². The maximum Gasteiger partial charge on any atom is 0.169 e. The molecule has 146 valence electrons. The van der Waals surface area contributed by atoms with Crippen molar-refractivity contribution in [2.75, 3.05) is 19.7 Å². The van der Waals surface area contributed by atoms with Crippen molar-refractivity contribution in [3.8, 4) is 11.5 Å². The number of rotatable bonds is 6. The van der Waals surface area contributed by atoms with Crippen LogP contribution < -0.4 is 10.1 Å². The zero-order chi connectivity index (χ0) is 19.5. The summed E-state index contributed by atoms with van der Waals surface area (Å²) in [5.74, 6) is 1.13. The number of aromatic hydroxyl groups is 1. The molecular formula is C21H22ClN3O3. The molecule has 3 heterocycles. The normalized spacial score (nSPS) is 15.0. The van der Waals surface area contributed by atoms with Gasteiger partial charge in [0.25, 0.3) is 0 Å². The lowest BCUT2D eigenvalue weighted by Crippen LogP contribution is -2.30. The number of halogens is 1. The number of hydrogen-bond acceptors (Lipinski definition) is 5. The van der Waals surface area contributed by atoms with Crippen molar-refractivity contribution in [1.29, 1.82) is 0 Å². The Morgan fingerprint density at radius 2 is 2.11 bits per heavy atom. The fourth-order valence-electron chi connectivity index (χ4n) is 3.59. The monoisotopic (exact) mass is 399 g/mol. The Morgan fingerprint density at radius 3 is 2.93 bits per heavy atom. The molecule has 0 unspecified atom stereocenters. The van der Waals surface area contributed by atoms with E-state index in [1.54, 1.807) is 30.7 Å². The second kappa shape index (κ2) is 8.20. The van der Waals surface area contributed by atoms with Crippen molar-refractivity contribution >= 4 is 28.3 Å². The van der Waals surface area contributed by atoms with Gasteiger partial charge in [-0.1, -0.05) is 11.6 Å². The molecule has 0 spiro atoms. The summed E-state index contributed by atoms with van der Waals surface area (Å²) in [5.41, 5.74) is 1.81. The van der Waals surface area contributed by atoms with Crippen LogP contribution in [0.3, 0.4) is 0 Å². The summed E-state index contributed by atoms with van der Waals surface area (Å²) in [6.45, 7) is 2.67. The summed E-state index contributed by atoms with van der Waals surface area (Å²) in [5, 5.41) is 14.6. The van der Waals surface area contributed by atoms with Crippen LogP contribution in [0.4, 0.5) is 0 Å². The van der Waals surface area contributed by atoms with E-state index in [4.69, 9.17) is 16.3 Å². The fourth-order valence-corrected chi connectivity index (χ4v) is 3.80. The number of phenols is 1. The van der Waals surface area contributed by atoms with E-state index in [1.807, 2.05) is 0 Å². The third-order valence-corrected chi connectivity index (χ3v) is 5.49. The number of benzene rings is 1. The van der Waals surface area contributed by atoms with Crippen molar-refractivity contribution in [3.63, 3.8) is 0 Å². The second-order valence-corrected chi connectivity index (χ2v) is 7.55. The number of Topliss-reactive ketones (excluding diaryl/α,β-unsaturated/α-hetero) is 1. The summed E-state index contributed by atoms with van der Waals surface area (Å²) < 4.78 is 5.87. The van der Waals surface area contributed by atoms with Crippen LogP contribution in [-0.4, -0.2) is 40.6 Å². The molecule has 7 heteroatoms. The molecule has 1 aliphatic rings. The first-order valence-corrected chi connectivity index (χ1v) is 9.79. The summed E-state index contributed by atoms with van der Waals surface area (Å²) in [6.07, 6.45) is 7.21. The second-order valence-electron chi connectivity index (χ2n) is 7.14. The smallest absolute Gasteiger partial charge is 0.169 e. The number of aromatic nitrogens is 2. The lowest BCUT2D eigenvalue weighted by molar-refractivity contribution is 0.0992. The van der Waals surface area contributed by atoms with E-state index in [1.165, 1.54) is 6.07 Å². The summed E-state index contributed by atoms with van der Waals surface area (Å²) in [7, 11) is 0. The molecule has 0 atom stereocenters. The molecule has 0 bridgehead atoms. The number of ether oxygens (including phenoxy) is 1. The topological polar surface area (TPSA) is 87.2 Å². The van der Waals surface area contributed by atoms with Crippen LogP contribution in [-0.2, 0) is 6.42 Å². The van der Waals surface area contributed by atoms with Crippen LogP contribution in [0.5, 0.6) is 11.5 Å². The van der Waals surface area contributed by atoms with Gasteiger partial charge in [-0.2, -0.15) is 0 Å². The van der Waals surface area contributed by atoms with E-state index >= 15 is 0 Å². The number of H-pyrrole nitrogens is 1. The first kappa shape index (κ1) is 18.8. The number of ketones is 1. The van der Waals surface area contributed by atoms with Gasteiger partial charge in [0.1, 0.15) is 11.5 Å². The standard InChI is InChI=1S/C21H22ClN3O3/c22-17-1-2-18(26)20-15(10-25-21(17)20)8-19(27)14-7-16(11-24-9-14)28-12-13-3-5-23-6-4-13/h1-2,7,9-11,13,23,25-26H,3-6,8,12H2. The first-order valence-electron chi connectivity index (χ1n) is 9.41. The highest BCUT2D eigenvalue weighted by molar-refractivity contribution is 6.35. The maximum atomic E-state index is 12.8. The third kappa shape index (κ3) is 3.98. The van der Waals surface area contributed by atoms with E-state index in [2.05, 4.69) is 15.3 Å². The minimum atomic E-state index is -0.0971. The van der Waals surface area contributed by atoms with Gasteiger partial charge in [-0.05, 0) is 55.6 Å². The molecule has 0 amide bonds. The molecule has 1 aliphatic heterocycles. The van der Waals surface area contributed by atoms with E-state index in [0.717, 1.165) is 25.9 Å². The Labute approximate surface area is 167 Å². The molecule has 1 fully saturated rings. The Hall–Kier alpha value is -2.57. The zero-order valence-electron chi connectivity index (χ0n) is 15.4. The number of pyridine rings is 1. The Morgan fingerprint density at radius 1 is 1.29 bits per heavy atom. The number of aromatic amines is 1. The van der Waals surface area contributed by atoms with E-state index in [0.29, 0.717) is 45.3 Å². The average Bonchev–Trinajstić information content (AvgIpc) is 3.15. The highest BCUT2D eigenvalue weighted by Gasteiger charge is 2.17. The molecule has 1 saturated heterocycles. The van der Waals surface area contributed by atoms with Gasteiger partial charge >= 0.3 is 0 Å². The highest BCUT2D eigenvalue weighted by Crippen LogP contribution is 2.33. The lowest BCUT2D eigenvalue weighted by atomic mass is 9.99. The molecule has 2 aromatic heterocycles. The number of carbonyl (C=O) groups excluding carboxylic acids is 1. The lowest BCUT2D eigenvalue weighted by Gasteiger charge is -2.22. The van der Waals surface area contributed by atoms with Gasteiger partial charge in [-0.3, -0.25) is 9.78 Å². The molecule has 28 heavy (non-hydrogen) atoms. The molecule has 1 aromatic carbocycles. The highest BCUT2D eigenvalue weighted by atomic mass is 35.5. The quantitative estimate of drug-likeness (QED) is 0.550. The van der Waals surface area contributed by atoms with Crippen molar-refractivity contribution in [2.24, 2.45) is 5.92 Å².